The van der Waals surface area contributed by atoms with Crippen molar-refractivity contribution in [2.24, 2.45) is 0 Å². The Bertz CT molecular complexity index is 641. The van der Waals surface area contributed by atoms with Crippen LogP contribution in [0, 0.1) is 11.6 Å². The normalized spacial score (nSPS) is 13.2. The van der Waals surface area contributed by atoms with E-state index in [0.29, 0.717) is 34.4 Å². The van der Waals surface area contributed by atoms with Crippen LogP contribution in [-0.4, -0.2) is 15.8 Å². The molecule has 0 aliphatic heterocycles. The number of fused-ring (bicyclic) bond motifs is 1. The number of hydrogen-bond acceptors (Lipinski definition) is 4. The number of Topliss-reactive ketones (excluding diaryl/α,β-unsaturated/α-hetero) is 1. The maximum Gasteiger partial charge on any atom is 0.141 e. The smallest absolute Gasteiger partial charge is 0.141 e. The standard InChI is InChI=1S/C10H8F2O.C4H4BrN3/c11-7-3-6-1-2-8(13)5-9(6)10(12)4-7;5-3-1-8-4(6)2-7-3/h3-4H,1-2,5H2;1-2H,(H2,6,8). The Morgan fingerprint density at radius 2 is 1.90 bits per heavy atom. The van der Waals surface area contributed by atoms with Crippen LogP contribution < -0.4 is 5.73 Å². The van der Waals surface area contributed by atoms with Gasteiger partial charge in [-0.15, -0.1) is 0 Å². The fourth-order valence-corrected chi connectivity index (χ4v) is 2.16. The number of hydrogen-bond donors (Lipinski definition) is 1. The number of ketones is 1. The first-order valence-electron chi connectivity index (χ1n) is 6.17. The molecule has 4 nitrogen and oxygen atoms in total. The topological polar surface area (TPSA) is 68.9 Å². The molecule has 0 fully saturated rings. The van der Waals surface area contributed by atoms with Gasteiger partial charge in [-0.2, -0.15) is 0 Å². The van der Waals surface area contributed by atoms with Crippen molar-refractivity contribution >= 4 is 27.5 Å². The number of aryl methyl sites for hydroxylation is 1. The Hall–Kier alpha value is -1.89. The molecular weight excluding hydrogens is 344 g/mol. The third-order valence-electron chi connectivity index (χ3n) is 2.94. The van der Waals surface area contributed by atoms with Crippen molar-refractivity contribution in [2.45, 2.75) is 19.3 Å². The molecule has 7 heteroatoms. The first-order valence-corrected chi connectivity index (χ1v) is 6.96. The maximum atomic E-state index is 13.1. The van der Waals surface area contributed by atoms with Gasteiger partial charge in [0.1, 0.15) is 27.8 Å². The number of aromatic nitrogens is 2. The van der Waals surface area contributed by atoms with Crippen LogP contribution in [0.25, 0.3) is 0 Å². The summed E-state index contributed by atoms with van der Waals surface area (Å²) < 4.78 is 26.5. The Morgan fingerprint density at radius 1 is 1.14 bits per heavy atom. The molecule has 1 aliphatic rings. The van der Waals surface area contributed by atoms with E-state index in [1.165, 1.54) is 12.3 Å². The number of nitrogens with two attached hydrogens (primary N) is 1. The van der Waals surface area contributed by atoms with Gasteiger partial charge in [0.05, 0.1) is 12.4 Å². The molecule has 0 saturated heterocycles. The Labute approximate surface area is 128 Å². The van der Waals surface area contributed by atoms with E-state index in [1.54, 1.807) is 6.20 Å². The fraction of sp³-hybridized carbons (Fsp3) is 0.214. The van der Waals surface area contributed by atoms with Gasteiger partial charge in [0, 0.05) is 18.9 Å². The number of benzene rings is 1. The van der Waals surface area contributed by atoms with Crippen LogP contribution in [0.2, 0.25) is 0 Å². The van der Waals surface area contributed by atoms with E-state index in [0.717, 1.165) is 6.07 Å². The van der Waals surface area contributed by atoms with Gasteiger partial charge in [0.15, 0.2) is 0 Å². The van der Waals surface area contributed by atoms with E-state index in [-0.39, 0.29) is 12.2 Å². The zero-order valence-electron chi connectivity index (χ0n) is 10.9. The predicted octanol–water partition coefficient (Wildman–Crippen LogP) is 2.84. The van der Waals surface area contributed by atoms with Crippen LogP contribution in [0.1, 0.15) is 17.5 Å². The summed E-state index contributed by atoms with van der Waals surface area (Å²) in [7, 11) is 0. The summed E-state index contributed by atoms with van der Waals surface area (Å²) in [4.78, 5) is 18.6. The molecular formula is C14H12BrF2N3O. The number of rotatable bonds is 0. The molecule has 0 unspecified atom stereocenters. The van der Waals surface area contributed by atoms with E-state index in [2.05, 4.69) is 25.9 Å². The summed E-state index contributed by atoms with van der Waals surface area (Å²) >= 11 is 3.12. The Kier molecular flexibility index (Phi) is 4.95. The molecule has 0 saturated carbocycles. The van der Waals surface area contributed by atoms with Crippen molar-refractivity contribution in [2.75, 3.05) is 5.73 Å². The van der Waals surface area contributed by atoms with E-state index < -0.39 is 11.6 Å². The number of anilines is 1. The number of halogens is 3. The summed E-state index contributed by atoms with van der Waals surface area (Å²) in [6.45, 7) is 0. The molecule has 2 aromatic rings. The quantitative estimate of drug-likeness (QED) is 0.788. The van der Waals surface area contributed by atoms with Crippen molar-refractivity contribution < 1.29 is 13.6 Å². The lowest BCUT2D eigenvalue weighted by Crippen LogP contribution is -2.15. The molecule has 3 rings (SSSR count). The molecule has 0 amide bonds. The number of nitrogens with zero attached hydrogens (tertiary/aromatic N) is 2. The third-order valence-corrected chi connectivity index (χ3v) is 3.35. The molecule has 1 aromatic heterocycles. The van der Waals surface area contributed by atoms with Crippen LogP contribution in [0.3, 0.4) is 0 Å². The number of nitrogen functional groups attached to an aromatic ring is 1. The molecule has 21 heavy (non-hydrogen) atoms. The minimum atomic E-state index is -0.594. The zero-order chi connectivity index (χ0) is 15.4. The van der Waals surface area contributed by atoms with Gasteiger partial charge in [-0.25, -0.2) is 18.7 Å². The average molecular weight is 356 g/mol. The minimum Gasteiger partial charge on any atom is -0.382 e. The van der Waals surface area contributed by atoms with Crippen LogP contribution in [0.15, 0.2) is 29.1 Å². The van der Waals surface area contributed by atoms with Gasteiger partial charge in [-0.3, -0.25) is 4.79 Å². The van der Waals surface area contributed by atoms with E-state index in [4.69, 9.17) is 5.73 Å². The minimum absolute atomic E-state index is 0.0259. The molecule has 0 spiro atoms. The van der Waals surface area contributed by atoms with Crippen LogP contribution in [-0.2, 0) is 17.6 Å². The summed E-state index contributed by atoms with van der Waals surface area (Å²) in [5.41, 5.74) is 6.24. The van der Waals surface area contributed by atoms with Crippen LogP contribution in [0.5, 0.6) is 0 Å². The lowest BCUT2D eigenvalue weighted by molar-refractivity contribution is -0.118. The highest BCUT2D eigenvalue weighted by Crippen LogP contribution is 2.23. The largest absolute Gasteiger partial charge is 0.382 e. The molecule has 1 aliphatic carbocycles. The second kappa shape index (κ2) is 6.71. The van der Waals surface area contributed by atoms with Crippen molar-refractivity contribution in [1.29, 1.82) is 0 Å². The lowest BCUT2D eigenvalue weighted by atomic mass is 9.90. The lowest BCUT2D eigenvalue weighted by Gasteiger charge is -2.15. The molecule has 0 radical (unpaired) electrons. The van der Waals surface area contributed by atoms with Gasteiger partial charge in [0.25, 0.3) is 0 Å². The number of carbonyl (C=O) groups is 1. The highest BCUT2D eigenvalue weighted by Gasteiger charge is 2.19. The van der Waals surface area contributed by atoms with E-state index in [9.17, 15) is 13.6 Å². The second-order valence-electron chi connectivity index (χ2n) is 4.50. The van der Waals surface area contributed by atoms with Gasteiger partial charge < -0.3 is 5.73 Å². The first-order chi connectivity index (χ1) is 9.95. The van der Waals surface area contributed by atoms with Crippen LogP contribution in [0.4, 0.5) is 14.6 Å². The molecule has 0 atom stereocenters. The van der Waals surface area contributed by atoms with Crippen molar-refractivity contribution in [3.8, 4) is 0 Å². The van der Waals surface area contributed by atoms with Crippen molar-refractivity contribution in [3.63, 3.8) is 0 Å². The maximum absolute atomic E-state index is 13.1. The predicted molar refractivity (Wildman–Crippen MR) is 77.5 cm³/mol. The second-order valence-corrected chi connectivity index (χ2v) is 5.32. The van der Waals surface area contributed by atoms with Crippen molar-refractivity contribution in [1.82, 2.24) is 9.97 Å². The van der Waals surface area contributed by atoms with Gasteiger partial charge in [-0.1, -0.05) is 0 Å². The summed E-state index contributed by atoms with van der Waals surface area (Å²) in [6, 6.07) is 2.14. The molecule has 0 bridgehead atoms. The summed E-state index contributed by atoms with van der Waals surface area (Å²) in [5.74, 6) is -0.695. The Morgan fingerprint density at radius 3 is 2.52 bits per heavy atom. The van der Waals surface area contributed by atoms with Gasteiger partial charge >= 0.3 is 0 Å². The summed E-state index contributed by atoms with van der Waals surface area (Å²) in [6.07, 6.45) is 4.01. The van der Waals surface area contributed by atoms with E-state index in [1.807, 2.05) is 0 Å². The first kappa shape index (κ1) is 15.5. The monoisotopic (exact) mass is 355 g/mol. The van der Waals surface area contributed by atoms with Crippen molar-refractivity contribution in [3.05, 3.63) is 51.9 Å². The van der Waals surface area contributed by atoms with Gasteiger partial charge in [0.2, 0.25) is 0 Å². The van der Waals surface area contributed by atoms with Gasteiger partial charge in [-0.05, 0) is 39.5 Å². The molecule has 110 valence electrons. The van der Waals surface area contributed by atoms with Crippen LogP contribution >= 0.6 is 15.9 Å². The fourth-order valence-electron chi connectivity index (χ4n) is 1.96. The highest BCUT2D eigenvalue weighted by atomic mass is 79.9. The zero-order valence-corrected chi connectivity index (χ0v) is 12.5. The van der Waals surface area contributed by atoms with E-state index >= 15 is 0 Å². The Balaban J connectivity index is 0.000000173. The summed E-state index contributed by atoms with van der Waals surface area (Å²) in [5, 5.41) is 0. The number of carbonyl (C=O) groups excluding carboxylic acids is 1. The molecule has 1 aromatic carbocycles. The molecule has 2 N–H and O–H groups in total. The average Bonchev–Trinajstić information content (AvgIpc) is 2.44. The third kappa shape index (κ3) is 4.29. The highest BCUT2D eigenvalue weighted by molar-refractivity contribution is 9.10. The SMILES string of the molecule is Nc1cnc(Br)cn1.O=C1CCc2cc(F)cc(F)c2C1. The molecule has 1 heterocycles.